The van der Waals surface area contributed by atoms with Crippen LogP contribution in [0, 0.1) is 17.5 Å². The van der Waals surface area contributed by atoms with Crippen molar-refractivity contribution >= 4 is 17.6 Å². The number of benzene rings is 2. The van der Waals surface area contributed by atoms with E-state index in [4.69, 9.17) is 4.74 Å². The van der Waals surface area contributed by atoms with E-state index in [-0.39, 0.29) is 17.3 Å². The molecule has 0 aliphatic carbocycles. The SMILES string of the molecule is COC1=NC(C)(c2cc(F)ccc2F)C(=O)N1Nc1cccc(F)c1. The second-order valence-electron chi connectivity index (χ2n) is 5.56. The van der Waals surface area contributed by atoms with Crippen molar-refractivity contribution in [2.75, 3.05) is 12.5 Å². The summed E-state index contributed by atoms with van der Waals surface area (Å²) in [4.78, 5) is 16.9. The van der Waals surface area contributed by atoms with Crippen LogP contribution in [-0.2, 0) is 15.1 Å². The molecule has 2 aromatic carbocycles. The van der Waals surface area contributed by atoms with Crippen LogP contribution < -0.4 is 5.43 Å². The maximum Gasteiger partial charge on any atom is 0.315 e. The maximum absolute atomic E-state index is 14.2. The minimum Gasteiger partial charge on any atom is -0.467 e. The molecule has 25 heavy (non-hydrogen) atoms. The molecule has 1 amide bonds. The number of rotatable bonds is 3. The van der Waals surface area contributed by atoms with E-state index in [2.05, 4.69) is 10.4 Å². The molecule has 1 N–H and O–H groups in total. The molecular weight excluding hydrogens is 335 g/mol. The third kappa shape index (κ3) is 2.90. The van der Waals surface area contributed by atoms with E-state index in [1.165, 1.54) is 38.3 Å². The number of halogens is 3. The van der Waals surface area contributed by atoms with Gasteiger partial charge in [-0.05, 0) is 43.3 Å². The number of anilines is 1. The van der Waals surface area contributed by atoms with Gasteiger partial charge in [0.15, 0.2) is 5.54 Å². The van der Waals surface area contributed by atoms with Crippen molar-refractivity contribution < 1.29 is 22.7 Å². The second-order valence-corrected chi connectivity index (χ2v) is 5.56. The molecule has 1 aliphatic heterocycles. The number of amides is 1. The fourth-order valence-electron chi connectivity index (χ4n) is 2.56. The topological polar surface area (TPSA) is 53.9 Å². The van der Waals surface area contributed by atoms with Gasteiger partial charge in [0, 0.05) is 5.56 Å². The quantitative estimate of drug-likeness (QED) is 0.926. The number of hydrogen-bond acceptors (Lipinski definition) is 4. The van der Waals surface area contributed by atoms with Gasteiger partial charge in [-0.25, -0.2) is 18.2 Å². The molecule has 0 saturated heterocycles. The van der Waals surface area contributed by atoms with Gasteiger partial charge >= 0.3 is 6.02 Å². The average molecular weight is 349 g/mol. The van der Waals surface area contributed by atoms with Crippen molar-refractivity contribution in [1.82, 2.24) is 5.01 Å². The Bertz CT molecular complexity index is 872. The van der Waals surface area contributed by atoms with Gasteiger partial charge in [-0.2, -0.15) is 5.01 Å². The number of amidine groups is 1. The van der Waals surface area contributed by atoms with Crippen molar-refractivity contribution in [2.24, 2.45) is 4.99 Å². The first kappa shape index (κ1) is 16.8. The first-order valence-corrected chi connectivity index (χ1v) is 7.31. The van der Waals surface area contributed by atoms with Crippen LogP contribution in [0.25, 0.3) is 0 Å². The van der Waals surface area contributed by atoms with Crippen molar-refractivity contribution in [1.29, 1.82) is 0 Å². The molecule has 2 aromatic rings. The molecule has 1 atom stereocenters. The molecule has 0 bridgehead atoms. The van der Waals surface area contributed by atoms with Crippen LogP contribution in [-0.4, -0.2) is 24.0 Å². The third-order valence-corrected chi connectivity index (χ3v) is 3.83. The minimum absolute atomic E-state index is 0.152. The molecule has 1 aliphatic rings. The normalized spacial score (nSPS) is 19.8. The number of aliphatic imine (C=N–C) groups is 1. The van der Waals surface area contributed by atoms with Crippen LogP contribution in [0.2, 0.25) is 0 Å². The fraction of sp³-hybridized carbons (Fsp3) is 0.176. The van der Waals surface area contributed by atoms with E-state index in [0.717, 1.165) is 23.2 Å². The van der Waals surface area contributed by atoms with Crippen LogP contribution in [0.15, 0.2) is 47.5 Å². The number of carbonyl (C=O) groups is 1. The second kappa shape index (κ2) is 6.12. The van der Waals surface area contributed by atoms with Crippen LogP contribution in [0.3, 0.4) is 0 Å². The Morgan fingerprint density at radius 3 is 2.52 bits per heavy atom. The van der Waals surface area contributed by atoms with Gasteiger partial charge in [-0.15, -0.1) is 0 Å². The Morgan fingerprint density at radius 2 is 1.84 bits per heavy atom. The zero-order valence-corrected chi connectivity index (χ0v) is 13.4. The number of nitrogens with one attached hydrogen (secondary N) is 1. The molecule has 1 heterocycles. The van der Waals surface area contributed by atoms with Gasteiger partial charge in [0.1, 0.15) is 17.5 Å². The summed E-state index contributed by atoms with van der Waals surface area (Å²) in [5, 5.41) is 0.930. The summed E-state index contributed by atoms with van der Waals surface area (Å²) in [6.07, 6.45) is 0. The molecule has 0 fully saturated rings. The molecule has 130 valence electrons. The molecule has 0 radical (unpaired) electrons. The molecular formula is C17H14F3N3O2. The molecule has 0 spiro atoms. The van der Waals surface area contributed by atoms with Crippen LogP contribution in [0.5, 0.6) is 0 Å². The van der Waals surface area contributed by atoms with E-state index in [1.54, 1.807) is 0 Å². The lowest BCUT2D eigenvalue weighted by molar-refractivity contribution is -0.130. The molecule has 8 heteroatoms. The maximum atomic E-state index is 14.2. The summed E-state index contributed by atoms with van der Waals surface area (Å²) >= 11 is 0. The largest absolute Gasteiger partial charge is 0.467 e. The number of hydrogen-bond donors (Lipinski definition) is 1. The van der Waals surface area contributed by atoms with Gasteiger partial charge in [-0.3, -0.25) is 10.2 Å². The lowest BCUT2D eigenvalue weighted by atomic mass is 9.92. The number of carbonyl (C=O) groups excluding carboxylic acids is 1. The summed E-state index contributed by atoms with van der Waals surface area (Å²) in [7, 11) is 1.28. The highest BCUT2D eigenvalue weighted by Gasteiger charge is 2.49. The zero-order chi connectivity index (χ0) is 18.2. The average Bonchev–Trinajstić information content (AvgIpc) is 2.82. The lowest BCUT2D eigenvalue weighted by Crippen LogP contribution is -2.43. The number of ether oxygens (including phenoxy) is 1. The first-order valence-electron chi connectivity index (χ1n) is 7.31. The van der Waals surface area contributed by atoms with Crippen molar-refractivity contribution in [3.8, 4) is 0 Å². The van der Waals surface area contributed by atoms with Gasteiger partial charge in [0.2, 0.25) is 0 Å². The number of nitrogens with zero attached hydrogens (tertiary/aromatic N) is 2. The van der Waals surface area contributed by atoms with E-state index >= 15 is 0 Å². The molecule has 0 saturated carbocycles. The van der Waals surface area contributed by atoms with Gasteiger partial charge < -0.3 is 4.74 Å². The Labute approximate surface area is 141 Å². The van der Waals surface area contributed by atoms with Crippen molar-refractivity contribution in [3.63, 3.8) is 0 Å². The monoisotopic (exact) mass is 349 g/mol. The molecule has 1 unspecified atom stereocenters. The van der Waals surface area contributed by atoms with Crippen LogP contribution >= 0.6 is 0 Å². The molecule has 3 rings (SSSR count). The van der Waals surface area contributed by atoms with Gasteiger partial charge in [0.05, 0.1) is 12.8 Å². The van der Waals surface area contributed by atoms with Gasteiger partial charge in [0.25, 0.3) is 5.91 Å². The standard InChI is InChI=1S/C17H14F3N3O2/c1-17(13-9-11(19)6-7-14(13)20)15(24)23(16(21-17)25-2)22-12-5-3-4-10(18)8-12/h3-9,22H,1-2H3. The number of methoxy groups -OCH3 is 1. The summed E-state index contributed by atoms with van der Waals surface area (Å²) < 4.78 is 46.1. The van der Waals surface area contributed by atoms with E-state index in [9.17, 15) is 18.0 Å². The van der Waals surface area contributed by atoms with Crippen LogP contribution in [0.1, 0.15) is 12.5 Å². The molecule has 5 nitrogen and oxygen atoms in total. The summed E-state index contributed by atoms with van der Waals surface area (Å²) in [5.74, 6) is -2.68. The summed E-state index contributed by atoms with van der Waals surface area (Å²) in [6.45, 7) is 1.35. The Balaban J connectivity index is 2.00. The highest BCUT2D eigenvalue weighted by Crippen LogP contribution is 2.35. The summed E-state index contributed by atoms with van der Waals surface area (Å²) in [6, 6.07) is 8.03. The lowest BCUT2D eigenvalue weighted by Gasteiger charge is -2.23. The smallest absolute Gasteiger partial charge is 0.315 e. The number of hydrazine groups is 1. The van der Waals surface area contributed by atoms with Crippen molar-refractivity contribution in [3.05, 3.63) is 65.5 Å². The zero-order valence-electron chi connectivity index (χ0n) is 13.4. The highest BCUT2D eigenvalue weighted by molar-refractivity contribution is 6.06. The summed E-state index contributed by atoms with van der Waals surface area (Å²) in [5.41, 5.74) is 0.978. The van der Waals surface area contributed by atoms with Gasteiger partial charge in [-0.1, -0.05) is 6.07 Å². The van der Waals surface area contributed by atoms with Crippen LogP contribution in [0.4, 0.5) is 18.9 Å². The first-order chi connectivity index (χ1) is 11.8. The Kier molecular flexibility index (Phi) is 4.12. The predicted molar refractivity (Wildman–Crippen MR) is 85.0 cm³/mol. The third-order valence-electron chi connectivity index (χ3n) is 3.83. The predicted octanol–water partition coefficient (Wildman–Crippen LogP) is 3.19. The van der Waals surface area contributed by atoms with E-state index in [0.29, 0.717) is 0 Å². The Hall–Kier alpha value is -3.03. The highest BCUT2D eigenvalue weighted by atomic mass is 19.1. The van der Waals surface area contributed by atoms with Crippen molar-refractivity contribution in [2.45, 2.75) is 12.5 Å². The fourth-order valence-corrected chi connectivity index (χ4v) is 2.56. The minimum atomic E-state index is -1.72. The Morgan fingerprint density at radius 1 is 1.12 bits per heavy atom. The van der Waals surface area contributed by atoms with E-state index in [1.807, 2.05) is 0 Å². The van der Waals surface area contributed by atoms with E-state index < -0.39 is 28.9 Å². The molecule has 0 aromatic heterocycles.